The summed E-state index contributed by atoms with van der Waals surface area (Å²) in [6, 6.07) is 7.31. The average Bonchev–Trinajstić information content (AvgIpc) is 2.41. The largest absolute Gasteiger partial charge is 0.339 e. The van der Waals surface area contributed by atoms with E-state index in [1.54, 1.807) is 18.2 Å². The number of nitro groups is 1. The molecule has 1 aromatic carbocycles. The number of nitrogens with one attached hydrogen (secondary N) is 2. The van der Waals surface area contributed by atoms with Gasteiger partial charge in [-0.2, -0.15) is 0 Å². The molecule has 0 saturated carbocycles. The molecule has 9 heteroatoms. The second-order valence-corrected chi connectivity index (χ2v) is 4.59. The van der Waals surface area contributed by atoms with Crippen molar-refractivity contribution in [2.75, 3.05) is 10.7 Å². The third-order valence-electron chi connectivity index (χ3n) is 2.36. The van der Waals surface area contributed by atoms with Crippen LogP contribution < -0.4 is 16.6 Å². The van der Waals surface area contributed by atoms with Gasteiger partial charge in [0, 0.05) is 5.02 Å². The van der Waals surface area contributed by atoms with Crippen LogP contribution in [0.1, 0.15) is 0 Å². The Hall–Kier alpha value is -2.09. The van der Waals surface area contributed by atoms with Crippen LogP contribution >= 0.6 is 23.2 Å². The molecule has 0 saturated heterocycles. The van der Waals surface area contributed by atoms with Crippen LogP contribution in [0.4, 0.5) is 23.0 Å². The lowest BCUT2D eigenvalue weighted by molar-refractivity contribution is -0.384. The van der Waals surface area contributed by atoms with Crippen molar-refractivity contribution in [2.24, 2.45) is 5.84 Å². The minimum Gasteiger partial charge on any atom is -0.339 e. The molecule has 1 heterocycles. The fourth-order valence-electron chi connectivity index (χ4n) is 1.49. The maximum Gasteiger partial charge on any atom is 0.276 e. The first kappa shape index (κ1) is 14.3. The normalized spacial score (nSPS) is 10.2. The predicted molar refractivity (Wildman–Crippen MR) is 78.4 cm³/mol. The lowest BCUT2D eigenvalue weighted by atomic mass is 10.3. The fourth-order valence-corrected chi connectivity index (χ4v) is 1.94. The molecule has 0 aliphatic rings. The number of nitrogens with zero attached hydrogens (tertiary/aromatic N) is 2. The third kappa shape index (κ3) is 3.27. The summed E-state index contributed by atoms with van der Waals surface area (Å²) in [5.74, 6) is 5.62. The first-order chi connectivity index (χ1) is 9.49. The highest BCUT2D eigenvalue weighted by molar-refractivity contribution is 6.36. The number of anilines is 3. The Morgan fingerprint density at radius 2 is 1.90 bits per heavy atom. The van der Waals surface area contributed by atoms with Crippen molar-refractivity contribution < 1.29 is 4.92 Å². The number of aromatic nitrogens is 1. The molecule has 2 aromatic rings. The molecule has 20 heavy (non-hydrogen) atoms. The molecule has 0 fully saturated rings. The third-order valence-corrected chi connectivity index (χ3v) is 2.91. The standard InChI is InChI=1S/C11H9Cl2N5O2/c12-6-1-2-9(8(13)3-6)15-10-4-7(18(19)20)5-11(16-10)17-14/h1-5H,14H2,(H2,15,16,17). The van der Waals surface area contributed by atoms with E-state index in [9.17, 15) is 10.1 Å². The number of halogens is 2. The van der Waals surface area contributed by atoms with E-state index in [0.29, 0.717) is 15.7 Å². The summed E-state index contributed by atoms with van der Waals surface area (Å²) in [6.45, 7) is 0. The first-order valence-corrected chi connectivity index (χ1v) is 6.10. The predicted octanol–water partition coefficient (Wildman–Crippen LogP) is 3.33. The number of hydrazine groups is 1. The van der Waals surface area contributed by atoms with Crippen LogP contribution in [-0.2, 0) is 0 Å². The Balaban J connectivity index is 2.37. The van der Waals surface area contributed by atoms with Gasteiger partial charge in [-0.15, -0.1) is 0 Å². The summed E-state index contributed by atoms with van der Waals surface area (Å²) in [6.07, 6.45) is 0. The molecule has 0 aliphatic carbocycles. The molecule has 0 aliphatic heterocycles. The number of nitrogens with two attached hydrogens (primary N) is 1. The van der Waals surface area contributed by atoms with E-state index in [1.807, 2.05) is 0 Å². The number of benzene rings is 1. The van der Waals surface area contributed by atoms with Crippen molar-refractivity contribution in [1.82, 2.24) is 4.98 Å². The molecule has 0 atom stereocenters. The van der Waals surface area contributed by atoms with E-state index in [0.717, 1.165) is 0 Å². The van der Waals surface area contributed by atoms with Crippen molar-refractivity contribution >= 4 is 46.2 Å². The van der Waals surface area contributed by atoms with Gasteiger partial charge in [0.15, 0.2) is 0 Å². The van der Waals surface area contributed by atoms with Gasteiger partial charge < -0.3 is 10.7 Å². The van der Waals surface area contributed by atoms with Crippen LogP contribution in [0.5, 0.6) is 0 Å². The van der Waals surface area contributed by atoms with E-state index in [-0.39, 0.29) is 17.3 Å². The Morgan fingerprint density at radius 1 is 1.20 bits per heavy atom. The van der Waals surface area contributed by atoms with Gasteiger partial charge in [-0.25, -0.2) is 10.8 Å². The van der Waals surface area contributed by atoms with E-state index >= 15 is 0 Å². The van der Waals surface area contributed by atoms with E-state index in [1.165, 1.54) is 12.1 Å². The van der Waals surface area contributed by atoms with Gasteiger partial charge in [0.25, 0.3) is 5.69 Å². The van der Waals surface area contributed by atoms with Gasteiger partial charge in [0.1, 0.15) is 11.6 Å². The second-order valence-electron chi connectivity index (χ2n) is 3.75. The van der Waals surface area contributed by atoms with Crippen LogP contribution in [0.3, 0.4) is 0 Å². The summed E-state index contributed by atoms with van der Waals surface area (Å²) in [5, 5.41) is 14.5. The van der Waals surface area contributed by atoms with Crippen LogP contribution in [0.15, 0.2) is 30.3 Å². The summed E-state index contributed by atoms with van der Waals surface area (Å²) in [4.78, 5) is 14.3. The molecule has 0 spiro atoms. The molecule has 4 N–H and O–H groups in total. The van der Waals surface area contributed by atoms with E-state index in [2.05, 4.69) is 15.7 Å². The molecule has 2 rings (SSSR count). The van der Waals surface area contributed by atoms with Crippen molar-refractivity contribution in [3.05, 3.63) is 50.5 Å². The van der Waals surface area contributed by atoms with Crippen molar-refractivity contribution in [1.29, 1.82) is 0 Å². The maximum atomic E-state index is 10.8. The van der Waals surface area contributed by atoms with Gasteiger partial charge in [-0.1, -0.05) is 23.2 Å². The van der Waals surface area contributed by atoms with Gasteiger partial charge >= 0.3 is 0 Å². The smallest absolute Gasteiger partial charge is 0.276 e. The molecule has 0 unspecified atom stereocenters. The number of nitrogen functional groups attached to an aromatic ring is 1. The summed E-state index contributed by atoms with van der Waals surface area (Å²) in [5.41, 5.74) is 2.63. The fraction of sp³-hybridized carbons (Fsp3) is 0. The Kier molecular flexibility index (Phi) is 4.23. The van der Waals surface area contributed by atoms with Crippen LogP contribution in [0, 0.1) is 10.1 Å². The number of hydrogen-bond acceptors (Lipinski definition) is 6. The minimum absolute atomic E-state index is 0.152. The zero-order valence-corrected chi connectivity index (χ0v) is 11.4. The highest BCUT2D eigenvalue weighted by atomic mass is 35.5. The molecule has 1 aromatic heterocycles. The monoisotopic (exact) mass is 313 g/mol. The molecular formula is C11H9Cl2N5O2. The molecule has 0 bridgehead atoms. The topological polar surface area (TPSA) is 106 Å². The van der Waals surface area contributed by atoms with Gasteiger partial charge in [0.05, 0.1) is 27.8 Å². The lowest BCUT2D eigenvalue weighted by Gasteiger charge is -2.09. The molecular weight excluding hydrogens is 305 g/mol. The van der Waals surface area contributed by atoms with Gasteiger partial charge in [0.2, 0.25) is 0 Å². The minimum atomic E-state index is -0.544. The van der Waals surface area contributed by atoms with Gasteiger partial charge in [-0.3, -0.25) is 10.1 Å². The number of rotatable bonds is 4. The zero-order valence-electron chi connectivity index (χ0n) is 9.93. The van der Waals surface area contributed by atoms with Crippen LogP contribution in [-0.4, -0.2) is 9.91 Å². The first-order valence-electron chi connectivity index (χ1n) is 5.35. The average molecular weight is 314 g/mol. The molecule has 104 valence electrons. The van der Waals surface area contributed by atoms with E-state index < -0.39 is 4.92 Å². The number of hydrogen-bond donors (Lipinski definition) is 3. The quantitative estimate of drug-likeness (QED) is 0.454. The van der Waals surface area contributed by atoms with E-state index in [4.69, 9.17) is 29.0 Å². The molecule has 0 amide bonds. The zero-order chi connectivity index (χ0) is 14.7. The summed E-state index contributed by atoms with van der Waals surface area (Å²) in [7, 11) is 0. The maximum absolute atomic E-state index is 10.8. The highest BCUT2D eigenvalue weighted by Gasteiger charge is 2.12. The summed E-state index contributed by atoms with van der Waals surface area (Å²) < 4.78 is 0. The summed E-state index contributed by atoms with van der Waals surface area (Å²) >= 11 is 11.8. The Morgan fingerprint density at radius 3 is 2.50 bits per heavy atom. The van der Waals surface area contributed by atoms with Crippen molar-refractivity contribution in [2.45, 2.75) is 0 Å². The highest BCUT2D eigenvalue weighted by Crippen LogP contribution is 2.29. The molecule has 0 radical (unpaired) electrons. The second kappa shape index (κ2) is 5.91. The van der Waals surface area contributed by atoms with Crippen molar-refractivity contribution in [3.8, 4) is 0 Å². The Labute approximate surface area is 123 Å². The molecule has 7 nitrogen and oxygen atoms in total. The van der Waals surface area contributed by atoms with Gasteiger partial charge in [-0.05, 0) is 18.2 Å². The lowest BCUT2D eigenvalue weighted by Crippen LogP contribution is -2.10. The van der Waals surface area contributed by atoms with Crippen molar-refractivity contribution in [3.63, 3.8) is 0 Å². The van der Waals surface area contributed by atoms with Crippen LogP contribution in [0.2, 0.25) is 10.0 Å². The SMILES string of the molecule is NNc1cc([N+](=O)[O-])cc(Nc2ccc(Cl)cc2Cl)n1. The van der Waals surface area contributed by atoms with Crippen LogP contribution in [0.25, 0.3) is 0 Å². The number of pyridine rings is 1. The Bertz CT molecular complexity index is 665.